The average Bonchev–Trinajstić information content (AvgIpc) is 3.02. The lowest BCUT2D eigenvalue weighted by atomic mass is 10.2. The van der Waals surface area contributed by atoms with Crippen molar-refractivity contribution in [3.05, 3.63) is 76.0 Å². The number of amides is 1. The van der Waals surface area contributed by atoms with Crippen LogP contribution in [-0.4, -0.2) is 15.9 Å². The maximum Gasteiger partial charge on any atom is 0.270 e. The molecule has 0 aliphatic heterocycles. The molecule has 0 spiro atoms. The first-order valence-corrected chi connectivity index (χ1v) is 7.65. The Labute approximate surface area is 140 Å². The normalized spacial score (nSPS) is 9.92. The molecular weight excluding hydrogens is 332 g/mol. The lowest BCUT2D eigenvalue weighted by molar-refractivity contribution is 0.102. The Balaban J connectivity index is 1.82. The Kier molecular flexibility index (Phi) is 4.59. The highest BCUT2D eigenvalue weighted by Crippen LogP contribution is 2.15. The molecule has 0 atom stereocenters. The van der Waals surface area contributed by atoms with Crippen LogP contribution in [0.4, 0.5) is 14.5 Å². The zero-order valence-electron chi connectivity index (χ0n) is 12.1. The number of anilines is 1. The summed E-state index contributed by atoms with van der Waals surface area (Å²) in [6.45, 7) is 0. The standard InChI is InChI=1S/C17H9F2N3OS/c18-15-14(22-16(23)12-4-2-1-3-5-12)8-11(9-20-15)6-7-13-10-24-17(19)21-13/h1-5,8-10H,(H,22,23). The van der Waals surface area contributed by atoms with Gasteiger partial charge in [-0.2, -0.15) is 8.78 Å². The third-order valence-corrected chi connectivity index (χ3v) is 3.56. The van der Waals surface area contributed by atoms with Crippen LogP contribution in [0.25, 0.3) is 0 Å². The van der Waals surface area contributed by atoms with Gasteiger partial charge in [-0.15, -0.1) is 0 Å². The van der Waals surface area contributed by atoms with Gasteiger partial charge in [-0.05, 0) is 24.1 Å². The lowest BCUT2D eigenvalue weighted by Crippen LogP contribution is -2.13. The van der Waals surface area contributed by atoms with Crippen molar-refractivity contribution in [3.63, 3.8) is 0 Å². The van der Waals surface area contributed by atoms with Crippen molar-refractivity contribution in [1.29, 1.82) is 0 Å². The van der Waals surface area contributed by atoms with Gasteiger partial charge in [0.25, 0.3) is 11.2 Å². The molecule has 0 aliphatic carbocycles. The predicted molar refractivity (Wildman–Crippen MR) is 86.6 cm³/mol. The summed E-state index contributed by atoms with van der Waals surface area (Å²) in [5, 5.41) is 3.34. The van der Waals surface area contributed by atoms with E-state index in [-0.39, 0.29) is 11.4 Å². The monoisotopic (exact) mass is 341 g/mol. The highest BCUT2D eigenvalue weighted by molar-refractivity contribution is 7.08. The summed E-state index contributed by atoms with van der Waals surface area (Å²) >= 11 is 0.838. The Morgan fingerprint density at radius 3 is 2.67 bits per heavy atom. The molecule has 0 saturated heterocycles. The van der Waals surface area contributed by atoms with Crippen LogP contribution < -0.4 is 5.32 Å². The number of hydrogen-bond acceptors (Lipinski definition) is 4. The molecule has 0 bridgehead atoms. The van der Waals surface area contributed by atoms with E-state index in [1.165, 1.54) is 17.6 Å². The van der Waals surface area contributed by atoms with Crippen molar-refractivity contribution in [2.75, 3.05) is 5.32 Å². The van der Waals surface area contributed by atoms with Crippen LogP contribution in [0.3, 0.4) is 0 Å². The smallest absolute Gasteiger partial charge is 0.270 e. The number of carbonyl (C=O) groups is 1. The number of carbonyl (C=O) groups excluding carboxylic acids is 1. The highest BCUT2D eigenvalue weighted by atomic mass is 32.1. The Bertz CT molecular complexity index is 945. The van der Waals surface area contributed by atoms with E-state index in [9.17, 15) is 13.6 Å². The largest absolute Gasteiger partial charge is 0.318 e. The minimum Gasteiger partial charge on any atom is -0.318 e. The third-order valence-electron chi connectivity index (χ3n) is 2.93. The number of aromatic nitrogens is 2. The Morgan fingerprint density at radius 1 is 1.17 bits per heavy atom. The minimum absolute atomic E-state index is 0.0832. The molecule has 0 aliphatic rings. The molecule has 118 valence electrons. The second-order valence-corrected chi connectivity index (χ2v) is 5.43. The molecule has 1 amide bonds. The van der Waals surface area contributed by atoms with Crippen molar-refractivity contribution in [2.24, 2.45) is 0 Å². The number of nitrogens with one attached hydrogen (secondary N) is 1. The van der Waals surface area contributed by atoms with Crippen LogP contribution >= 0.6 is 11.3 Å². The lowest BCUT2D eigenvalue weighted by Gasteiger charge is -2.06. The van der Waals surface area contributed by atoms with Gasteiger partial charge >= 0.3 is 0 Å². The molecule has 4 nitrogen and oxygen atoms in total. The average molecular weight is 341 g/mol. The molecule has 0 unspecified atom stereocenters. The number of thiazole rings is 1. The number of nitrogens with zero attached hydrogens (tertiary/aromatic N) is 2. The molecule has 0 radical (unpaired) electrons. The highest BCUT2D eigenvalue weighted by Gasteiger charge is 2.10. The van der Waals surface area contributed by atoms with Crippen LogP contribution in [0.5, 0.6) is 0 Å². The van der Waals surface area contributed by atoms with E-state index >= 15 is 0 Å². The third kappa shape index (κ3) is 3.80. The summed E-state index contributed by atoms with van der Waals surface area (Å²) in [6, 6.07) is 9.77. The van der Waals surface area contributed by atoms with Gasteiger partial charge in [-0.3, -0.25) is 4.79 Å². The maximum absolute atomic E-state index is 13.8. The molecule has 0 saturated carbocycles. The van der Waals surface area contributed by atoms with Crippen LogP contribution in [0.15, 0.2) is 48.0 Å². The van der Waals surface area contributed by atoms with E-state index < -0.39 is 17.1 Å². The molecule has 2 aromatic heterocycles. The first kappa shape index (κ1) is 15.8. The molecule has 2 heterocycles. The first-order valence-electron chi connectivity index (χ1n) is 6.77. The van der Waals surface area contributed by atoms with Gasteiger partial charge in [0.15, 0.2) is 0 Å². The topological polar surface area (TPSA) is 54.9 Å². The molecule has 7 heteroatoms. The molecule has 1 N–H and O–H groups in total. The maximum atomic E-state index is 13.8. The molecule has 3 rings (SSSR count). The number of benzene rings is 1. The number of rotatable bonds is 2. The van der Waals surface area contributed by atoms with E-state index in [2.05, 4.69) is 27.1 Å². The quantitative estimate of drug-likeness (QED) is 0.574. The van der Waals surface area contributed by atoms with Crippen LogP contribution in [0.2, 0.25) is 0 Å². The molecular formula is C17H9F2N3OS. The fourth-order valence-corrected chi connectivity index (χ4v) is 2.31. The summed E-state index contributed by atoms with van der Waals surface area (Å²) < 4.78 is 26.6. The zero-order chi connectivity index (χ0) is 16.9. The minimum atomic E-state index is -0.815. The molecule has 1 aromatic carbocycles. The summed E-state index contributed by atoms with van der Waals surface area (Å²) in [5.74, 6) is 4.08. The van der Waals surface area contributed by atoms with Gasteiger partial charge in [0.2, 0.25) is 5.95 Å². The second-order valence-electron chi connectivity index (χ2n) is 4.62. The van der Waals surface area contributed by atoms with Crippen molar-refractivity contribution >= 4 is 22.9 Å². The van der Waals surface area contributed by atoms with Gasteiger partial charge in [-0.25, -0.2) is 9.97 Å². The van der Waals surface area contributed by atoms with E-state index in [4.69, 9.17) is 0 Å². The molecule has 24 heavy (non-hydrogen) atoms. The van der Waals surface area contributed by atoms with E-state index in [1.807, 2.05) is 0 Å². The van der Waals surface area contributed by atoms with E-state index in [1.54, 1.807) is 30.3 Å². The zero-order valence-corrected chi connectivity index (χ0v) is 12.9. The van der Waals surface area contributed by atoms with E-state index in [0.29, 0.717) is 11.1 Å². The van der Waals surface area contributed by atoms with Crippen molar-refractivity contribution in [1.82, 2.24) is 9.97 Å². The van der Waals surface area contributed by atoms with Crippen LogP contribution in [0, 0.1) is 23.0 Å². The number of hydrogen-bond donors (Lipinski definition) is 1. The molecule has 3 aromatic rings. The summed E-state index contributed by atoms with van der Waals surface area (Å²) in [6.07, 6.45) is 1.23. The summed E-state index contributed by atoms with van der Waals surface area (Å²) in [4.78, 5) is 19.2. The van der Waals surface area contributed by atoms with Gasteiger partial charge in [0.05, 0.1) is 5.69 Å². The van der Waals surface area contributed by atoms with Gasteiger partial charge in [0.1, 0.15) is 5.69 Å². The SMILES string of the molecule is O=C(Nc1cc(C#Cc2csc(F)n2)cnc1F)c1ccccc1. The van der Waals surface area contributed by atoms with Crippen molar-refractivity contribution in [2.45, 2.75) is 0 Å². The summed E-state index contributed by atoms with van der Waals surface area (Å²) in [7, 11) is 0. The fourth-order valence-electron chi connectivity index (χ4n) is 1.83. The predicted octanol–water partition coefficient (Wildman–Crippen LogP) is 3.47. The Hall–Kier alpha value is -3.11. The first-order chi connectivity index (χ1) is 11.6. The Morgan fingerprint density at radius 2 is 1.96 bits per heavy atom. The van der Waals surface area contributed by atoms with Crippen molar-refractivity contribution < 1.29 is 13.6 Å². The van der Waals surface area contributed by atoms with Crippen LogP contribution in [0.1, 0.15) is 21.6 Å². The van der Waals surface area contributed by atoms with Gasteiger partial charge in [-0.1, -0.05) is 35.5 Å². The second kappa shape index (κ2) is 6.98. The van der Waals surface area contributed by atoms with E-state index in [0.717, 1.165) is 11.3 Å². The number of pyridine rings is 1. The van der Waals surface area contributed by atoms with Crippen LogP contribution in [-0.2, 0) is 0 Å². The number of halogens is 2. The summed E-state index contributed by atoms with van der Waals surface area (Å²) in [5.41, 5.74) is 0.955. The van der Waals surface area contributed by atoms with Gasteiger partial charge in [0, 0.05) is 22.7 Å². The van der Waals surface area contributed by atoms with Crippen molar-refractivity contribution in [3.8, 4) is 11.8 Å². The van der Waals surface area contributed by atoms with Gasteiger partial charge < -0.3 is 5.32 Å². The fraction of sp³-hybridized carbons (Fsp3) is 0. The molecule has 0 fully saturated rings.